The zero-order valence-electron chi connectivity index (χ0n) is 13.9. The number of hydrogen-bond acceptors (Lipinski definition) is 2. The minimum atomic E-state index is -0.779. The van der Waals surface area contributed by atoms with Crippen molar-refractivity contribution in [3.05, 3.63) is 23.8 Å². The number of carboxylic acid groups (broad SMARTS) is 1. The predicted octanol–water partition coefficient (Wildman–Crippen LogP) is 4.53. The molecule has 3 nitrogen and oxygen atoms in total. The molecule has 126 valence electrons. The first-order valence-electron chi connectivity index (χ1n) is 9.20. The van der Waals surface area contributed by atoms with Crippen LogP contribution in [-0.4, -0.2) is 16.9 Å². The van der Waals surface area contributed by atoms with Gasteiger partial charge in [0.15, 0.2) is 5.78 Å². The molecule has 0 spiro atoms. The van der Waals surface area contributed by atoms with Crippen LogP contribution in [0.2, 0.25) is 0 Å². The molecular formula is C20H28O3. The Labute approximate surface area is 138 Å². The van der Waals surface area contributed by atoms with Gasteiger partial charge in [-0.15, -0.1) is 0 Å². The third-order valence-corrected chi connectivity index (χ3v) is 6.20. The molecule has 0 amide bonds. The summed E-state index contributed by atoms with van der Waals surface area (Å²) in [7, 11) is 0. The van der Waals surface area contributed by atoms with E-state index in [4.69, 9.17) is 0 Å². The fraction of sp³-hybridized carbons (Fsp3) is 0.700. The van der Waals surface area contributed by atoms with Gasteiger partial charge in [-0.25, -0.2) is 0 Å². The summed E-state index contributed by atoms with van der Waals surface area (Å²) in [6.45, 7) is 3.90. The van der Waals surface area contributed by atoms with Crippen LogP contribution in [0.25, 0.3) is 0 Å². The van der Waals surface area contributed by atoms with Crippen LogP contribution in [0, 0.1) is 23.7 Å². The normalized spacial score (nSPS) is 33.4. The molecule has 3 aliphatic carbocycles. The van der Waals surface area contributed by atoms with Crippen molar-refractivity contribution in [3.63, 3.8) is 0 Å². The van der Waals surface area contributed by atoms with Gasteiger partial charge in [-0.05, 0) is 55.9 Å². The van der Waals surface area contributed by atoms with E-state index in [-0.39, 0.29) is 17.6 Å². The number of hydrogen-bond donors (Lipinski definition) is 1. The Morgan fingerprint density at radius 1 is 1.13 bits per heavy atom. The number of fused-ring (bicyclic) bond motifs is 1. The molecule has 3 heteroatoms. The summed E-state index contributed by atoms with van der Waals surface area (Å²) in [6, 6.07) is 0. The third kappa shape index (κ3) is 3.59. The van der Waals surface area contributed by atoms with Crippen LogP contribution in [0.5, 0.6) is 0 Å². The molecule has 23 heavy (non-hydrogen) atoms. The van der Waals surface area contributed by atoms with Crippen LogP contribution in [0.3, 0.4) is 0 Å². The number of aliphatic carboxylic acids is 1. The zero-order chi connectivity index (χ0) is 16.4. The topological polar surface area (TPSA) is 54.4 Å². The predicted molar refractivity (Wildman–Crippen MR) is 90.0 cm³/mol. The van der Waals surface area contributed by atoms with Gasteiger partial charge in [-0.1, -0.05) is 43.9 Å². The van der Waals surface area contributed by atoms with Crippen LogP contribution in [-0.2, 0) is 9.59 Å². The second-order valence-corrected chi connectivity index (χ2v) is 7.72. The van der Waals surface area contributed by atoms with Crippen molar-refractivity contribution in [2.24, 2.45) is 23.7 Å². The van der Waals surface area contributed by atoms with Crippen molar-refractivity contribution in [1.82, 2.24) is 0 Å². The molecule has 0 aromatic carbocycles. The number of carbonyl (C=O) groups is 2. The molecule has 2 fully saturated rings. The quantitative estimate of drug-likeness (QED) is 0.462. The van der Waals surface area contributed by atoms with E-state index in [2.05, 4.69) is 12.7 Å². The number of carbonyl (C=O) groups excluding carboxylic acids is 1. The molecular weight excluding hydrogens is 288 g/mol. The van der Waals surface area contributed by atoms with Gasteiger partial charge in [0, 0.05) is 5.92 Å². The largest absolute Gasteiger partial charge is 0.481 e. The average molecular weight is 316 g/mol. The van der Waals surface area contributed by atoms with Gasteiger partial charge in [0.2, 0.25) is 0 Å². The maximum Gasteiger partial charge on any atom is 0.306 e. The lowest BCUT2D eigenvalue weighted by molar-refractivity contribution is -0.142. The molecule has 3 unspecified atom stereocenters. The summed E-state index contributed by atoms with van der Waals surface area (Å²) >= 11 is 0. The van der Waals surface area contributed by atoms with E-state index in [0.29, 0.717) is 24.3 Å². The zero-order valence-corrected chi connectivity index (χ0v) is 13.9. The average Bonchev–Trinajstić information content (AvgIpc) is 2.87. The second kappa shape index (κ2) is 7.02. The summed E-state index contributed by atoms with van der Waals surface area (Å²) in [5.74, 6) is -0.254. The first-order valence-corrected chi connectivity index (χ1v) is 9.20. The highest BCUT2D eigenvalue weighted by Crippen LogP contribution is 2.44. The van der Waals surface area contributed by atoms with Crippen LogP contribution in [0.15, 0.2) is 23.8 Å². The minimum absolute atomic E-state index is 0.0184. The Balaban J connectivity index is 1.77. The summed E-state index contributed by atoms with van der Waals surface area (Å²) in [5, 5.41) is 9.38. The van der Waals surface area contributed by atoms with Gasteiger partial charge in [-0.2, -0.15) is 0 Å². The molecule has 0 heterocycles. The molecule has 2 saturated carbocycles. The molecule has 0 bridgehead atoms. The van der Waals surface area contributed by atoms with E-state index in [1.807, 2.05) is 0 Å². The van der Waals surface area contributed by atoms with E-state index >= 15 is 0 Å². The molecule has 0 aromatic rings. The summed E-state index contributed by atoms with van der Waals surface area (Å²) < 4.78 is 0. The van der Waals surface area contributed by atoms with E-state index in [1.54, 1.807) is 0 Å². The number of allylic oxidation sites excluding steroid dienone is 3. The lowest BCUT2D eigenvalue weighted by Crippen LogP contribution is -2.28. The second-order valence-electron chi connectivity index (χ2n) is 7.72. The molecule has 3 rings (SSSR count). The Kier molecular flexibility index (Phi) is 5.03. The van der Waals surface area contributed by atoms with Gasteiger partial charge in [0.25, 0.3) is 0 Å². The summed E-state index contributed by atoms with van der Waals surface area (Å²) in [4.78, 5) is 24.1. The van der Waals surface area contributed by atoms with Crippen LogP contribution in [0.4, 0.5) is 0 Å². The van der Waals surface area contributed by atoms with E-state index in [1.165, 1.54) is 44.1 Å². The van der Waals surface area contributed by atoms with Gasteiger partial charge in [-0.3, -0.25) is 9.59 Å². The van der Waals surface area contributed by atoms with Crippen molar-refractivity contribution < 1.29 is 14.7 Å². The molecule has 0 aliphatic heterocycles. The molecule has 3 atom stereocenters. The Morgan fingerprint density at radius 3 is 2.48 bits per heavy atom. The van der Waals surface area contributed by atoms with Crippen molar-refractivity contribution in [2.45, 2.75) is 64.2 Å². The number of carboxylic acids is 1. The standard InChI is InChI=1S/C20H28O3/c1-13-10-17(20(22)23)11-16-9-8-15(12-18(16)19(13)21)14-6-4-2-3-5-7-14/h8,14,16-18H,1-7,9-12H2,(H,22,23). The lowest BCUT2D eigenvalue weighted by atomic mass is 9.71. The molecule has 0 aromatic heterocycles. The number of ketones is 1. The van der Waals surface area contributed by atoms with Gasteiger partial charge < -0.3 is 5.11 Å². The maximum absolute atomic E-state index is 12.7. The van der Waals surface area contributed by atoms with Gasteiger partial charge >= 0.3 is 5.97 Å². The van der Waals surface area contributed by atoms with Crippen LogP contribution >= 0.6 is 0 Å². The van der Waals surface area contributed by atoms with Crippen LogP contribution in [0.1, 0.15) is 64.2 Å². The summed E-state index contributed by atoms with van der Waals surface area (Å²) in [5.41, 5.74) is 2.01. The van der Waals surface area contributed by atoms with Crippen molar-refractivity contribution in [2.75, 3.05) is 0 Å². The monoisotopic (exact) mass is 316 g/mol. The Hall–Kier alpha value is -1.38. The van der Waals surface area contributed by atoms with Crippen molar-refractivity contribution in [1.29, 1.82) is 0 Å². The lowest BCUT2D eigenvalue weighted by Gasteiger charge is -2.32. The minimum Gasteiger partial charge on any atom is -0.481 e. The van der Waals surface area contributed by atoms with Crippen molar-refractivity contribution in [3.8, 4) is 0 Å². The van der Waals surface area contributed by atoms with E-state index in [9.17, 15) is 14.7 Å². The Bertz CT molecular complexity index is 523. The number of rotatable bonds is 2. The molecule has 0 radical (unpaired) electrons. The first kappa shape index (κ1) is 16.5. The van der Waals surface area contributed by atoms with Gasteiger partial charge in [0.1, 0.15) is 0 Å². The highest BCUT2D eigenvalue weighted by molar-refractivity contribution is 5.98. The third-order valence-electron chi connectivity index (χ3n) is 6.20. The smallest absolute Gasteiger partial charge is 0.306 e. The van der Waals surface area contributed by atoms with E-state index in [0.717, 1.165) is 12.8 Å². The van der Waals surface area contributed by atoms with E-state index < -0.39 is 11.9 Å². The Morgan fingerprint density at radius 2 is 1.83 bits per heavy atom. The molecule has 1 N–H and O–H groups in total. The first-order chi connectivity index (χ1) is 11.1. The van der Waals surface area contributed by atoms with Gasteiger partial charge in [0.05, 0.1) is 5.92 Å². The SMILES string of the molecule is C=C1CC(C(=O)O)CC2CC=C(C3CCCCCC3)CC2C1=O. The number of Topliss-reactive ketones (excluding diaryl/α,β-unsaturated/α-hetero) is 1. The summed E-state index contributed by atoms with van der Waals surface area (Å²) in [6.07, 6.45) is 12.8. The molecule has 3 aliphatic rings. The maximum atomic E-state index is 12.7. The highest BCUT2D eigenvalue weighted by atomic mass is 16.4. The fourth-order valence-corrected chi connectivity index (χ4v) is 4.82. The molecule has 0 saturated heterocycles. The van der Waals surface area contributed by atoms with Crippen LogP contribution < -0.4 is 0 Å². The van der Waals surface area contributed by atoms with Crippen molar-refractivity contribution >= 4 is 11.8 Å². The highest BCUT2D eigenvalue weighted by Gasteiger charge is 2.40. The fourth-order valence-electron chi connectivity index (χ4n) is 4.82.